The maximum atomic E-state index is 11.9. The zero-order valence-electron chi connectivity index (χ0n) is 10.9. The fourth-order valence-corrected chi connectivity index (χ4v) is 2.73. The van der Waals surface area contributed by atoms with E-state index in [1.165, 1.54) is 0 Å². The molecule has 98 valence electrons. The highest BCUT2D eigenvalue weighted by Crippen LogP contribution is 2.15. The number of ether oxygens (including phenoxy) is 1. The maximum Gasteiger partial charge on any atom is 0.222 e. The van der Waals surface area contributed by atoms with E-state index in [0.29, 0.717) is 18.4 Å². The van der Waals surface area contributed by atoms with Crippen molar-refractivity contribution in [1.29, 1.82) is 0 Å². The summed E-state index contributed by atoms with van der Waals surface area (Å²) in [5.74, 6) is 0.331. The molecule has 0 aliphatic carbocycles. The SMILES string of the molecule is CCCC(=O)N1CCCN(C2CCOC2)CC1. The number of carbonyl (C=O) groups is 1. The van der Waals surface area contributed by atoms with Crippen LogP contribution in [-0.4, -0.2) is 61.1 Å². The molecule has 2 aliphatic rings. The third-order valence-corrected chi connectivity index (χ3v) is 3.77. The Morgan fingerprint density at radius 1 is 1.29 bits per heavy atom. The lowest BCUT2D eigenvalue weighted by Crippen LogP contribution is -2.39. The standard InChI is InChI=1S/C13H24N2O2/c1-2-4-13(16)15-7-3-6-14(8-9-15)12-5-10-17-11-12/h12H,2-11H2,1H3. The molecule has 2 fully saturated rings. The molecule has 0 bridgehead atoms. The third kappa shape index (κ3) is 3.42. The van der Waals surface area contributed by atoms with Gasteiger partial charge in [-0.2, -0.15) is 0 Å². The smallest absolute Gasteiger partial charge is 0.222 e. The van der Waals surface area contributed by atoms with E-state index in [1.807, 2.05) is 4.90 Å². The Kier molecular flexibility index (Phi) is 4.80. The van der Waals surface area contributed by atoms with E-state index >= 15 is 0 Å². The van der Waals surface area contributed by atoms with E-state index in [4.69, 9.17) is 4.74 Å². The minimum absolute atomic E-state index is 0.331. The van der Waals surface area contributed by atoms with Crippen LogP contribution in [0.25, 0.3) is 0 Å². The second-order valence-electron chi connectivity index (χ2n) is 5.04. The molecule has 0 aromatic carbocycles. The number of carbonyl (C=O) groups excluding carboxylic acids is 1. The summed E-state index contributed by atoms with van der Waals surface area (Å²) in [5.41, 5.74) is 0. The molecule has 1 amide bonds. The lowest BCUT2D eigenvalue weighted by molar-refractivity contribution is -0.131. The first kappa shape index (κ1) is 12.8. The van der Waals surface area contributed by atoms with Gasteiger partial charge in [-0.25, -0.2) is 0 Å². The number of nitrogens with zero attached hydrogens (tertiary/aromatic N) is 2. The van der Waals surface area contributed by atoms with Crippen molar-refractivity contribution in [3.63, 3.8) is 0 Å². The number of hydrogen-bond acceptors (Lipinski definition) is 3. The molecule has 4 nitrogen and oxygen atoms in total. The van der Waals surface area contributed by atoms with Crippen LogP contribution in [0.5, 0.6) is 0 Å². The van der Waals surface area contributed by atoms with Crippen LogP contribution in [0.15, 0.2) is 0 Å². The van der Waals surface area contributed by atoms with Gasteiger partial charge in [-0.15, -0.1) is 0 Å². The number of hydrogen-bond donors (Lipinski definition) is 0. The molecule has 1 unspecified atom stereocenters. The Balaban J connectivity index is 1.82. The van der Waals surface area contributed by atoms with Crippen LogP contribution >= 0.6 is 0 Å². The van der Waals surface area contributed by atoms with Gasteiger partial charge in [-0.1, -0.05) is 6.92 Å². The average Bonchev–Trinajstić information content (AvgIpc) is 2.74. The Hall–Kier alpha value is -0.610. The summed E-state index contributed by atoms with van der Waals surface area (Å²) in [6.45, 7) is 7.81. The molecule has 0 N–H and O–H groups in total. The van der Waals surface area contributed by atoms with E-state index in [1.54, 1.807) is 0 Å². The summed E-state index contributed by atoms with van der Waals surface area (Å²) >= 11 is 0. The normalized spacial score (nSPS) is 27.1. The second-order valence-corrected chi connectivity index (χ2v) is 5.04. The van der Waals surface area contributed by atoms with Gasteiger partial charge in [-0.3, -0.25) is 9.69 Å². The second kappa shape index (κ2) is 6.36. The van der Waals surface area contributed by atoms with Gasteiger partial charge in [0.2, 0.25) is 5.91 Å². The first-order valence-electron chi connectivity index (χ1n) is 6.91. The molecule has 0 aromatic heterocycles. The molecule has 2 aliphatic heterocycles. The van der Waals surface area contributed by atoms with Crippen molar-refractivity contribution in [3.8, 4) is 0 Å². The van der Waals surface area contributed by atoms with Crippen LogP contribution in [0.3, 0.4) is 0 Å². The van der Waals surface area contributed by atoms with Crippen molar-refractivity contribution in [2.24, 2.45) is 0 Å². The molecule has 0 radical (unpaired) electrons. The predicted octanol–water partition coefficient (Wildman–Crippen LogP) is 1.11. The maximum absolute atomic E-state index is 11.9. The first-order chi connectivity index (χ1) is 8.31. The van der Waals surface area contributed by atoms with Crippen LogP contribution < -0.4 is 0 Å². The molecule has 4 heteroatoms. The van der Waals surface area contributed by atoms with Gasteiger partial charge < -0.3 is 9.64 Å². The summed E-state index contributed by atoms with van der Waals surface area (Å²) in [6.07, 6.45) is 3.91. The lowest BCUT2D eigenvalue weighted by atomic mass is 10.2. The van der Waals surface area contributed by atoms with Crippen LogP contribution in [0, 0.1) is 0 Å². The molecule has 0 saturated carbocycles. The molecule has 2 rings (SSSR count). The monoisotopic (exact) mass is 240 g/mol. The highest BCUT2D eigenvalue weighted by atomic mass is 16.5. The topological polar surface area (TPSA) is 32.8 Å². The Labute approximate surface area is 104 Å². The fourth-order valence-electron chi connectivity index (χ4n) is 2.73. The molecule has 0 aromatic rings. The van der Waals surface area contributed by atoms with Crippen molar-refractivity contribution in [3.05, 3.63) is 0 Å². The van der Waals surface area contributed by atoms with Crippen molar-refractivity contribution < 1.29 is 9.53 Å². The fraction of sp³-hybridized carbons (Fsp3) is 0.923. The summed E-state index contributed by atoms with van der Waals surface area (Å²) in [6, 6.07) is 0.594. The molecule has 1 atom stereocenters. The van der Waals surface area contributed by atoms with Gasteiger partial charge in [-0.05, 0) is 19.3 Å². The largest absolute Gasteiger partial charge is 0.380 e. The van der Waals surface area contributed by atoms with Gasteiger partial charge in [0.15, 0.2) is 0 Å². The molecular weight excluding hydrogens is 216 g/mol. The number of rotatable bonds is 3. The summed E-state index contributed by atoms with van der Waals surface area (Å²) in [7, 11) is 0. The van der Waals surface area contributed by atoms with Gasteiger partial charge in [0.25, 0.3) is 0 Å². The molecule has 2 saturated heterocycles. The summed E-state index contributed by atoms with van der Waals surface area (Å²) < 4.78 is 5.44. The minimum atomic E-state index is 0.331. The molecular formula is C13H24N2O2. The Morgan fingerprint density at radius 2 is 2.18 bits per heavy atom. The predicted molar refractivity (Wildman–Crippen MR) is 66.9 cm³/mol. The van der Waals surface area contributed by atoms with Crippen molar-refractivity contribution in [2.45, 2.75) is 38.6 Å². The molecule has 0 spiro atoms. The zero-order valence-corrected chi connectivity index (χ0v) is 10.9. The van der Waals surface area contributed by atoms with E-state index in [9.17, 15) is 4.79 Å². The minimum Gasteiger partial charge on any atom is -0.380 e. The van der Waals surface area contributed by atoms with Crippen LogP contribution in [-0.2, 0) is 9.53 Å². The quantitative estimate of drug-likeness (QED) is 0.741. The van der Waals surface area contributed by atoms with Crippen molar-refractivity contribution in [2.75, 3.05) is 39.4 Å². The van der Waals surface area contributed by atoms with Gasteiger partial charge >= 0.3 is 0 Å². The average molecular weight is 240 g/mol. The van der Waals surface area contributed by atoms with Crippen molar-refractivity contribution >= 4 is 5.91 Å². The molecule has 17 heavy (non-hydrogen) atoms. The van der Waals surface area contributed by atoms with E-state index in [-0.39, 0.29) is 0 Å². The van der Waals surface area contributed by atoms with Crippen LogP contribution in [0.4, 0.5) is 0 Å². The van der Waals surface area contributed by atoms with E-state index < -0.39 is 0 Å². The highest BCUT2D eigenvalue weighted by molar-refractivity contribution is 5.76. The Morgan fingerprint density at radius 3 is 2.88 bits per heavy atom. The van der Waals surface area contributed by atoms with Crippen LogP contribution in [0.1, 0.15) is 32.6 Å². The Bertz CT molecular complexity index is 252. The highest BCUT2D eigenvalue weighted by Gasteiger charge is 2.26. The summed E-state index contributed by atoms with van der Waals surface area (Å²) in [4.78, 5) is 16.4. The number of amides is 1. The summed E-state index contributed by atoms with van der Waals surface area (Å²) in [5, 5.41) is 0. The van der Waals surface area contributed by atoms with Gasteiger partial charge in [0.05, 0.1) is 6.61 Å². The third-order valence-electron chi connectivity index (χ3n) is 3.77. The molecule has 2 heterocycles. The van der Waals surface area contributed by atoms with Gasteiger partial charge in [0.1, 0.15) is 0 Å². The lowest BCUT2D eigenvalue weighted by Gasteiger charge is -2.26. The van der Waals surface area contributed by atoms with E-state index in [0.717, 1.165) is 58.7 Å². The van der Waals surface area contributed by atoms with Crippen LogP contribution in [0.2, 0.25) is 0 Å². The zero-order chi connectivity index (χ0) is 12.1. The first-order valence-corrected chi connectivity index (χ1v) is 6.91. The van der Waals surface area contributed by atoms with Crippen molar-refractivity contribution in [1.82, 2.24) is 9.80 Å². The van der Waals surface area contributed by atoms with Gasteiger partial charge in [0, 0.05) is 45.2 Å². The van der Waals surface area contributed by atoms with E-state index in [2.05, 4.69) is 11.8 Å².